The van der Waals surface area contributed by atoms with E-state index in [1.807, 2.05) is 0 Å². The molecule has 0 aliphatic carbocycles. The van der Waals surface area contributed by atoms with Crippen LogP contribution < -0.4 is 20.1 Å². The predicted octanol–water partition coefficient (Wildman–Crippen LogP) is 4.71. The Labute approximate surface area is 159 Å². The molecule has 138 valence electrons. The molecular formula is C18H14ClFN4O3. The number of urea groups is 1. The van der Waals surface area contributed by atoms with Gasteiger partial charge in [0.15, 0.2) is 11.6 Å². The van der Waals surface area contributed by atoms with Gasteiger partial charge in [-0.05, 0) is 30.3 Å². The molecule has 3 aromatic rings. The number of carbonyl (C=O) groups is 1. The minimum Gasteiger partial charge on any atom is -0.495 e. The lowest BCUT2D eigenvalue weighted by Gasteiger charge is -2.11. The Bertz CT molecular complexity index is 954. The number of nitrogens with one attached hydrogen (secondary N) is 2. The van der Waals surface area contributed by atoms with E-state index in [2.05, 4.69) is 20.6 Å². The molecule has 2 amide bonds. The molecule has 2 N–H and O–H groups in total. The van der Waals surface area contributed by atoms with Crippen molar-refractivity contribution >= 4 is 29.0 Å². The SMILES string of the molecule is COc1ccc(Cl)cc1NC(=O)Nc1cnc(Oc2ccccc2F)nc1. The second kappa shape index (κ2) is 8.33. The molecule has 7 nitrogen and oxygen atoms in total. The number of hydrogen-bond acceptors (Lipinski definition) is 5. The molecular weight excluding hydrogens is 375 g/mol. The van der Waals surface area contributed by atoms with Gasteiger partial charge in [-0.2, -0.15) is 0 Å². The van der Waals surface area contributed by atoms with Crippen molar-refractivity contribution in [2.75, 3.05) is 17.7 Å². The zero-order chi connectivity index (χ0) is 19.2. The van der Waals surface area contributed by atoms with E-state index in [0.717, 1.165) is 0 Å². The van der Waals surface area contributed by atoms with Crippen LogP contribution in [-0.4, -0.2) is 23.1 Å². The van der Waals surface area contributed by atoms with Gasteiger partial charge in [0.05, 0.1) is 30.9 Å². The van der Waals surface area contributed by atoms with Crippen LogP contribution in [0.4, 0.5) is 20.6 Å². The summed E-state index contributed by atoms with van der Waals surface area (Å²) < 4.78 is 24.0. The molecule has 27 heavy (non-hydrogen) atoms. The Morgan fingerprint density at radius 3 is 2.52 bits per heavy atom. The quantitative estimate of drug-likeness (QED) is 0.660. The van der Waals surface area contributed by atoms with E-state index in [1.165, 1.54) is 31.6 Å². The summed E-state index contributed by atoms with van der Waals surface area (Å²) in [5.74, 6) is -0.0680. The molecule has 0 saturated heterocycles. The number of anilines is 2. The minimum atomic E-state index is -0.540. The van der Waals surface area contributed by atoms with E-state index >= 15 is 0 Å². The fourth-order valence-electron chi connectivity index (χ4n) is 2.12. The highest BCUT2D eigenvalue weighted by atomic mass is 35.5. The summed E-state index contributed by atoms with van der Waals surface area (Å²) in [6, 6.07) is 10.1. The van der Waals surface area contributed by atoms with Gasteiger partial charge in [-0.1, -0.05) is 23.7 Å². The fraction of sp³-hybridized carbons (Fsp3) is 0.0556. The molecule has 0 radical (unpaired) electrons. The molecule has 3 rings (SSSR count). The summed E-state index contributed by atoms with van der Waals surface area (Å²) in [4.78, 5) is 20.0. The summed E-state index contributed by atoms with van der Waals surface area (Å²) in [7, 11) is 1.48. The van der Waals surface area contributed by atoms with E-state index in [-0.39, 0.29) is 11.8 Å². The topological polar surface area (TPSA) is 85.4 Å². The van der Waals surface area contributed by atoms with E-state index in [4.69, 9.17) is 21.1 Å². The number of halogens is 2. The molecule has 1 aromatic heterocycles. The van der Waals surface area contributed by atoms with Crippen LogP contribution >= 0.6 is 11.6 Å². The van der Waals surface area contributed by atoms with E-state index in [9.17, 15) is 9.18 Å². The van der Waals surface area contributed by atoms with Crippen molar-refractivity contribution in [3.05, 3.63) is 65.7 Å². The lowest BCUT2D eigenvalue weighted by atomic mass is 10.3. The Kier molecular flexibility index (Phi) is 5.68. The normalized spacial score (nSPS) is 10.2. The molecule has 2 aromatic carbocycles. The van der Waals surface area contributed by atoms with E-state index in [1.54, 1.807) is 30.3 Å². The number of carbonyl (C=O) groups excluding carboxylic acids is 1. The van der Waals surface area contributed by atoms with Crippen LogP contribution in [0.5, 0.6) is 17.5 Å². The van der Waals surface area contributed by atoms with E-state index in [0.29, 0.717) is 22.1 Å². The van der Waals surface area contributed by atoms with Crippen molar-refractivity contribution in [2.24, 2.45) is 0 Å². The average Bonchev–Trinajstić information content (AvgIpc) is 2.65. The lowest BCUT2D eigenvalue weighted by Crippen LogP contribution is -2.20. The Balaban J connectivity index is 1.64. The van der Waals surface area contributed by atoms with Crippen molar-refractivity contribution < 1.29 is 18.7 Å². The lowest BCUT2D eigenvalue weighted by molar-refractivity contribution is 0.262. The molecule has 0 unspecified atom stereocenters. The van der Waals surface area contributed by atoms with Gasteiger partial charge in [0.25, 0.3) is 0 Å². The molecule has 0 aliphatic rings. The maximum absolute atomic E-state index is 13.6. The van der Waals surface area contributed by atoms with Crippen molar-refractivity contribution in [1.29, 1.82) is 0 Å². The Morgan fingerprint density at radius 2 is 1.81 bits per heavy atom. The highest BCUT2D eigenvalue weighted by Gasteiger charge is 2.10. The summed E-state index contributed by atoms with van der Waals surface area (Å²) >= 11 is 5.92. The number of nitrogens with zero attached hydrogens (tertiary/aromatic N) is 2. The zero-order valence-electron chi connectivity index (χ0n) is 14.1. The Hall–Kier alpha value is -3.39. The minimum absolute atomic E-state index is 0.00371. The predicted molar refractivity (Wildman–Crippen MR) is 99.2 cm³/mol. The maximum Gasteiger partial charge on any atom is 0.323 e. The highest BCUT2D eigenvalue weighted by molar-refractivity contribution is 6.31. The van der Waals surface area contributed by atoms with Gasteiger partial charge >= 0.3 is 12.0 Å². The van der Waals surface area contributed by atoms with Gasteiger partial charge in [0.2, 0.25) is 0 Å². The first-order valence-corrected chi connectivity index (χ1v) is 8.09. The second-order valence-corrected chi connectivity index (χ2v) is 5.65. The van der Waals surface area contributed by atoms with Gasteiger partial charge in [-0.25, -0.2) is 19.2 Å². The van der Waals surface area contributed by atoms with Crippen molar-refractivity contribution in [3.63, 3.8) is 0 Å². The monoisotopic (exact) mass is 388 g/mol. The highest BCUT2D eigenvalue weighted by Crippen LogP contribution is 2.28. The molecule has 0 aliphatic heterocycles. The molecule has 0 fully saturated rings. The van der Waals surface area contributed by atoms with Gasteiger partial charge in [-0.3, -0.25) is 0 Å². The van der Waals surface area contributed by atoms with Crippen LogP contribution in [0.1, 0.15) is 0 Å². The first-order valence-electron chi connectivity index (χ1n) is 7.71. The molecule has 0 saturated carbocycles. The molecule has 0 bridgehead atoms. The van der Waals surface area contributed by atoms with E-state index < -0.39 is 11.8 Å². The number of para-hydroxylation sites is 1. The van der Waals surface area contributed by atoms with Crippen LogP contribution in [0.15, 0.2) is 54.9 Å². The third kappa shape index (κ3) is 4.83. The summed E-state index contributed by atoms with van der Waals surface area (Å²) in [6.07, 6.45) is 2.66. The average molecular weight is 389 g/mol. The van der Waals surface area contributed by atoms with Crippen LogP contribution in [-0.2, 0) is 0 Å². The largest absolute Gasteiger partial charge is 0.495 e. The standard InChI is InChI=1S/C18H14ClFN4O3/c1-26-16-7-6-11(19)8-14(16)24-17(25)23-12-9-21-18(22-10-12)27-15-5-3-2-4-13(15)20/h2-10H,1H3,(H2,23,24,25). The van der Waals surface area contributed by atoms with Crippen LogP contribution in [0.3, 0.4) is 0 Å². The number of rotatable bonds is 5. The van der Waals surface area contributed by atoms with Gasteiger partial charge in [0, 0.05) is 5.02 Å². The number of benzene rings is 2. The van der Waals surface area contributed by atoms with Crippen LogP contribution in [0.2, 0.25) is 5.02 Å². The number of methoxy groups -OCH3 is 1. The smallest absolute Gasteiger partial charge is 0.323 e. The fourth-order valence-corrected chi connectivity index (χ4v) is 2.29. The molecule has 1 heterocycles. The summed E-state index contributed by atoms with van der Waals surface area (Å²) in [5.41, 5.74) is 0.720. The number of aromatic nitrogens is 2. The summed E-state index contributed by atoms with van der Waals surface area (Å²) in [5, 5.41) is 5.63. The second-order valence-electron chi connectivity index (χ2n) is 5.21. The number of ether oxygens (including phenoxy) is 2. The summed E-state index contributed by atoms with van der Waals surface area (Å²) in [6.45, 7) is 0. The first kappa shape index (κ1) is 18.4. The first-order chi connectivity index (χ1) is 13.0. The Morgan fingerprint density at radius 1 is 1.07 bits per heavy atom. The van der Waals surface area contributed by atoms with Crippen LogP contribution in [0, 0.1) is 5.82 Å². The van der Waals surface area contributed by atoms with Crippen LogP contribution in [0.25, 0.3) is 0 Å². The number of amides is 2. The van der Waals surface area contributed by atoms with Gasteiger partial charge in [0.1, 0.15) is 5.75 Å². The molecule has 0 atom stereocenters. The third-order valence-corrected chi connectivity index (χ3v) is 3.57. The number of hydrogen-bond donors (Lipinski definition) is 2. The van der Waals surface area contributed by atoms with Crippen molar-refractivity contribution in [1.82, 2.24) is 9.97 Å². The third-order valence-electron chi connectivity index (χ3n) is 3.33. The molecule has 9 heteroatoms. The van der Waals surface area contributed by atoms with Crippen molar-refractivity contribution in [3.8, 4) is 17.5 Å². The maximum atomic E-state index is 13.6. The van der Waals surface area contributed by atoms with Crippen molar-refractivity contribution in [2.45, 2.75) is 0 Å². The van der Waals surface area contributed by atoms with Gasteiger partial charge < -0.3 is 20.1 Å². The van der Waals surface area contributed by atoms with Gasteiger partial charge in [-0.15, -0.1) is 0 Å². The molecule has 0 spiro atoms. The zero-order valence-corrected chi connectivity index (χ0v) is 14.8.